The Balaban J connectivity index is 1.95. The van der Waals surface area contributed by atoms with Gasteiger partial charge < -0.3 is 10.2 Å². The van der Waals surface area contributed by atoms with Crippen molar-refractivity contribution in [3.63, 3.8) is 0 Å². The molecule has 0 unspecified atom stereocenters. The number of carbonyl (C=O) groups is 2. The van der Waals surface area contributed by atoms with E-state index in [9.17, 15) is 18.0 Å². The monoisotopic (exact) mass is 395 g/mol. The van der Waals surface area contributed by atoms with Gasteiger partial charge in [0.1, 0.15) is 0 Å². The van der Waals surface area contributed by atoms with E-state index in [2.05, 4.69) is 23.9 Å². The molecule has 0 bridgehead atoms. The van der Waals surface area contributed by atoms with Gasteiger partial charge in [0.25, 0.3) is 0 Å². The highest BCUT2D eigenvalue weighted by atomic mass is 32.2. The number of carbonyl (C=O) groups excluding carboxylic acids is 2. The highest BCUT2D eigenvalue weighted by Gasteiger charge is 2.30. The van der Waals surface area contributed by atoms with Gasteiger partial charge in [-0.3, -0.25) is 9.59 Å². The summed E-state index contributed by atoms with van der Waals surface area (Å²) in [5.74, 6) is 0.280. The molecule has 0 radical (unpaired) electrons. The van der Waals surface area contributed by atoms with Crippen molar-refractivity contribution in [2.24, 2.45) is 5.92 Å². The maximum absolute atomic E-state index is 12.5. The van der Waals surface area contributed by atoms with Gasteiger partial charge in [0.05, 0.1) is 4.90 Å². The molecule has 2 N–H and O–H groups in total. The Morgan fingerprint density at radius 2 is 1.96 bits per heavy atom. The van der Waals surface area contributed by atoms with Gasteiger partial charge in [-0.2, -0.15) is 0 Å². The second-order valence-electron chi connectivity index (χ2n) is 7.41. The van der Waals surface area contributed by atoms with E-state index in [0.717, 1.165) is 17.7 Å². The molecule has 1 atom stereocenters. The third-order valence-electron chi connectivity index (χ3n) is 4.60. The summed E-state index contributed by atoms with van der Waals surface area (Å²) in [7, 11) is -3.70. The van der Waals surface area contributed by atoms with Crippen molar-refractivity contribution in [2.75, 3.05) is 18.0 Å². The van der Waals surface area contributed by atoms with Gasteiger partial charge in [-0.05, 0) is 49.4 Å². The molecule has 0 aliphatic carbocycles. The molecule has 0 aromatic heterocycles. The molecule has 1 aromatic carbocycles. The maximum atomic E-state index is 12.5. The molecule has 7 nitrogen and oxygen atoms in total. The number of nitrogens with one attached hydrogen (secondary N) is 2. The lowest BCUT2D eigenvalue weighted by molar-refractivity contribution is -0.121. The highest BCUT2D eigenvalue weighted by molar-refractivity contribution is 7.89. The number of amides is 2. The Kier molecular flexibility index (Phi) is 7.00. The van der Waals surface area contributed by atoms with Gasteiger partial charge in [0.15, 0.2) is 0 Å². The molecule has 150 valence electrons. The normalized spacial score (nSPS) is 16.5. The number of rotatable bonds is 8. The van der Waals surface area contributed by atoms with Crippen LogP contribution in [-0.4, -0.2) is 39.4 Å². The molecule has 2 rings (SSSR count). The summed E-state index contributed by atoms with van der Waals surface area (Å²) >= 11 is 0. The predicted molar refractivity (Wildman–Crippen MR) is 105 cm³/mol. The third-order valence-corrected chi connectivity index (χ3v) is 6.06. The van der Waals surface area contributed by atoms with Gasteiger partial charge in [-0.15, -0.1) is 0 Å². The number of benzene rings is 1. The Morgan fingerprint density at radius 1 is 1.26 bits per heavy atom. The first-order valence-electron chi connectivity index (χ1n) is 9.31. The third kappa shape index (κ3) is 5.52. The van der Waals surface area contributed by atoms with Crippen molar-refractivity contribution >= 4 is 27.5 Å². The Morgan fingerprint density at radius 3 is 2.59 bits per heavy atom. The van der Waals surface area contributed by atoms with Gasteiger partial charge >= 0.3 is 0 Å². The van der Waals surface area contributed by atoms with E-state index >= 15 is 0 Å². The van der Waals surface area contributed by atoms with Crippen LogP contribution in [0.2, 0.25) is 0 Å². The summed E-state index contributed by atoms with van der Waals surface area (Å²) in [6, 6.07) is 4.79. The zero-order valence-corrected chi connectivity index (χ0v) is 17.2. The van der Waals surface area contributed by atoms with Crippen molar-refractivity contribution < 1.29 is 18.0 Å². The summed E-state index contributed by atoms with van der Waals surface area (Å²) in [4.78, 5) is 25.4. The Bertz CT molecular complexity index is 805. The highest BCUT2D eigenvalue weighted by Crippen LogP contribution is 2.33. The van der Waals surface area contributed by atoms with Gasteiger partial charge in [0.2, 0.25) is 21.8 Å². The minimum absolute atomic E-state index is 0.0120. The summed E-state index contributed by atoms with van der Waals surface area (Å²) in [6.07, 6.45) is 1.61. The van der Waals surface area contributed by atoms with E-state index in [0.29, 0.717) is 18.9 Å². The molecule has 1 heterocycles. The zero-order valence-electron chi connectivity index (χ0n) is 16.4. The fraction of sp³-hybridized carbons (Fsp3) is 0.579. The van der Waals surface area contributed by atoms with E-state index in [1.165, 1.54) is 13.0 Å². The van der Waals surface area contributed by atoms with Crippen LogP contribution in [0.25, 0.3) is 0 Å². The van der Waals surface area contributed by atoms with E-state index in [4.69, 9.17) is 0 Å². The summed E-state index contributed by atoms with van der Waals surface area (Å²) in [5.41, 5.74) is 1.60. The van der Waals surface area contributed by atoms with E-state index in [-0.39, 0.29) is 35.7 Å². The number of hydrogen-bond donors (Lipinski definition) is 2. The molecule has 1 aliphatic heterocycles. The largest absolute Gasteiger partial charge is 0.356 e. The molecule has 1 aliphatic rings. The first kappa shape index (κ1) is 21.4. The van der Waals surface area contributed by atoms with Crippen LogP contribution >= 0.6 is 0 Å². The van der Waals surface area contributed by atoms with E-state index in [1.807, 2.05) is 6.92 Å². The molecule has 0 fully saturated rings. The van der Waals surface area contributed by atoms with Crippen LogP contribution in [0.4, 0.5) is 5.69 Å². The molecule has 27 heavy (non-hydrogen) atoms. The van der Waals surface area contributed by atoms with Gasteiger partial charge in [-0.1, -0.05) is 13.8 Å². The van der Waals surface area contributed by atoms with Crippen LogP contribution in [-0.2, 0) is 26.0 Å². The smallest absolute Gasteiger partial charge is 0.240 e. The summed E-state index contributed by atoms with van der Waals surface area (Å²) in [5, 5.41) is 2.78. The quantitative estimate of drug-likeness (QED) is 0.702. The Hall–Kier alpha value is -1.93. The molecule has 0 saturated heterocycles. The SMILES string of the molecule is CC(=O)N1c2ccc(S(=O)(=O)NCCC(=O)NCCC(C)C)cc2C[C@H]1C. The minimum atomic E-state index is -3.70. The Labute approximate surface area is 161 Å². The minimum Gasteiger partial charge on any atom is -0.356 e. The second-order valence-corrected chi connectivity index (χ2v) is 9.18. The molecule has 1 aromatic rings. The van der Waals surface area contributed by atoms with E-state index < -0.39 is 10.0 Å². The first-order valence-corrected chi connectivity index (χ1v) is 10.8. The summed E-state index contributed by atoms with van der Waals surface area (Å²) < 4.78 is 27.5. The summed E-state index contributed by atoms with van der Waals surface area (Å²) in [6.45, 7) is 8.23. The van der Waals surface area contributed by atoms with Crippen LogP contribution in [0, 0.1) is 5.92 Å². The van der Waals surface area contributed by atoms with Crippen LogP contribution in [0.1, 0.15) is 46.1 Å². The fourth-order valence-corrected chi connectivity index (χ4v) is 4.31. The van der Waals surface area contributed by atoms with Crippen molar-refractivity contribution in [1.29, 1.82) is 0 Å². The van der Waals surface area contributed by atoms with Crippen LogP contribution in [0.15, 0.2) is 23.1 Å². The molecular formula is C19H29N3O4S. The average Bonchev–Trinajstić information content (AvgIpc) is 2.89. The lowest BCUT2D eigenvalue weighted by atomic mass is 10.1. The predicted octanol–water partition coefficient (Wildman–Crippen LogP) is 1.81. The number of anilines is 1. The number of nitrogens with zero attached hydrogens (tertiary/aromatic N) is 1. The fourth-order valence-electron chi connectivity index (χ4n) is 3.23. The zero-order chi connectivity index (χ0) is 20.2. The van der Waals surface area contributed by atoms with Crippen molar-refractivity contribution in [2.45, 2.75) is 57.9 Å². The molecule has 8 heteroatoms. The lowest BCUT2D eigenvalue weighted by Crippen LogP contribution is -2.33. The standard InChI is InChI=1S/C19H29N3O4S/c1-13(2)7-9-20-19(24)8-10-21-27(25,26)17-5-6-18-16(12-17)11-14(3)22(18)15(4)23/h5-6,12-14,21H,7-11H2,1-4H3,(H,20,24)/t14-/m1/s1. The number of fused-ring (bicyclic) bond motifs is 1. The van der Waals surface area contributed by atoms with Crippen molar-refractivity contribution in [3.8, 4) is 0 Å². The molecule has 0 spiro atoms. The average molecular weight is 396 g/mol. The lowest BCUT2D eigenvalue weighted by Gasteiger charge is -2.20. The van der Waals surface area contributed by atoms with Gasteiger partial charge in [0, 0.05) is 38.2 Å². The van der Waals surface area contributed by atoms with Gasteiger partial charge in [-0.25, -0.2) is 13.1 Å². The van der Waals surface area contributed by atoms with Crippen LogP contribution in [0.5, 0.6) is 0 Å². The molecule has 0 saturated carbocycles. The topological polar surface area (TPSA) is 95.6 Å². The molecular weight excluding hydrogens is 366 g/mol. The van der Waals surface area contributed by atoms with Crippen LogP contribution in [0.3, 0.4) is 0 Å². The number of sulfonamides is 1. The molecule has 2 amide bonds. The van der Waals surface area contributed by atoms with Crippen molar-refractivity contribution in [3.05, 3.63) is 23.8 Å². The van der Waals surface area contributed by atoms with Crippen molar-refractivity contribution in [1.82, 2.24) is 10.0 Å². The van der Waals surface area contributed by atoms with Crippen LogP contribution < -0.4 is 14.9 Å². The first-order chi connectivity index (χ1) is 12.6. The number of hydrogen-bond acceptors (Lipinski definition) is 4. The van der Waals surface area contributed by atoms with E-state index in [1.54, 1.807) is 17.0 Å². The maximum Gasteiger partial charge on any atom is 0.240 e. The second kappa shape index (κ2) is 8.84.